The Labute approximate surface area is 91.9 Å². The van der Waals surface area contributed by atoms with Gasteiger partial charge in [0, 0.05) is 11.5 Å². The second kappa shape index (κ2) is 3.34. The van der Waals surface area contributed by atoms with Crippen LogP contribution in [-0.4, -0.2) is 12.6 Å². The van der Waals surface area contributed by atoms with E-state index in [9.17, 15) is 0 Å². The second-order valence-electron chi connectivity index (χ2n) is 5.02. The maximum absolute atomic E-state index is 3.68. The molecule has 1 aromatic carbocycles. The molecule has 0 radical (unpaired) electrons. The monoisotopic (exact) mass is 201 g/mol. The molecule has 0 bridgehead atoms. The van der Waals surface area contributed by atoms with Crippen LogP contribution in [0.1, 0.15) is 37.3 Å². The van der Waals surface area contributed by atoms with Gasteiger partial charge in [-0.2, -0.15) is 0 Å². The molecule has 1 nitrogen and oxygen atoms in total. The Bertz CT molecular complexity index is 371. The summed E-state index contributed by atoms with van der Waals surface area (Å²) in [7, 11) is 0. The van der Waals surface area contributed by atoms with E-state index >= 15 is 0 Å². The van der Waals surface area contributed by atoms with Gasteiger partial charge in [-0.05, 0) is 43.4 Å². The van der Waals surface area contributed by atoms with E-state index in [1.54, 1.807) is 11.1 Å². The highest BCUT2D eigenvalue weighted by Crippen LogP contribution is 2.56. The van der Waals surface area contributed by atoms with E-state index < -0.39 is 0 Å². The first-order valence-corrected chi connectivity index (χ1v) is 6.18. The van der Waals surface area contributed by atoms with Crippen molar-refractivity contribution in [3.8, 4) is 0 Å². The zero-order chi connectivity index (χ0) is 10.3. The molecule has 1 fully saturated rings. The topological polar surface area (TPSA) is 12.0 Å². The van der Waals surface area contributed by atoms with Crippen LogP contribution in [-0.2, 0) is 11.8 Å². The molecule has 1 N–H and O–H groups in total. The van der Waals surface area contributed by atoms with Crippen LogP contribution >= 0.6 is 0 Å². The molecule has 0 heterocycles. The predicted octanol–water partition coefficient (Wildman–Crippen LogP) is 2.64. The Morgan fingerprint density at radius 1 is 1.40 bits per heavy atom. The molecule has 1 aromatic rings. The Morgan fingerprint density at radius 3 is 3.13 bits per heavy atom. The lowest BCUT2D eigenvalue weighted by atomic mass is 9.97. The van der Waals surface area contributed by atoms with Gasteiger partial charge in [0.15, 0.2) is 0 Å². The summed E-state index contributed by atoms with van der Waals surface area (Å²) in [6, 6.07) is 9.78. The molecule has 1 saturated carbocycles. The SMILES string of the molecule is CCCNC1CC12CCc1ccccc12. The third kappa shape index (κ3) is 1.33. The summed E-state index contributed by atoms with van der Waals surface area (Å²) in [6.07, 6.45) is 5.27. The van der Waals surface area contributed by atoms with E-state index in [0.717, 1.165) is 6.04 Å². The molecule has 0 aromatic heterocycles. The van der Waals surface area contributed by atoms with Crippen molar-refractivity contribution in [2.24, 2.45) is 0 Å². The highest BCUT2D eigenvalue weighted by atomic mass is 15.0. The van der Waals surface area contributed by atoms with Gasteiger partial charge >= 0.3 is 0 Å². The third-order valence-electron chi connectivity index (χ3n) is 4.11. The quantitative estimate of drug-likeness (QED) is 0.792. The van der Waals surface area contributed by atoms with Gasteiger partial charge in [-0.3, -0.25) is 0 Å². The number of nitrogens with one attached hydrogen (secondary N) is 1. The molecular weight excluding hydrogens is 182 g/mol. The number of hydrogen-bond donors (Lipinski definition) is 1. The van der Waals surface area contributed by atoms with Crippen LogP contribution in [0.2, 0.25) is 0 Å². The molecular formula is C14H19N. The lowest BCUT2D eigenvalue weighted by Crippen LogP contribution is -2.24. The molecule has 2 aliphatic rings. The van der Waals surface area contributed by atoms with E-state index in [4.69, 9.17) is 0 Å². The Hall–Kier alpha value is -0.820. The Morgan fingerprint density at radius 2 is 2.27 bits per heavy atom. The molecule has 15 heavy (non-hydrogen) atoms. The number of fused-ring (bicyclic) bond motifs is 2. The number of benzene rings is 1. The zero-order valence-corrected chi connectivity index (χ0v) is 9.42. The summed E-state index contributed by atoms with van der Waals surface area (Å²) in [6.45, 7) is 3.42. The number of aryl methyl sites for hydroxylation is 1. The molecule has 2 unspecified atom stereocenters. The second-order valence-corrected chi connectivity index (χ2v) is 5.02. The minimum atomic E-state index is 0.533. The summed E-state index contributed by atoms with van der Waals surface area (Å²) in [5.74, 6) is 0. The van der Waals surface area contributed by atoms with Crippen LogP contribution in [0.3, 0.4) is 0 Å². The summed E-state index contributed by atoms with van der Waals surface area (Å²) in [5, 5.41) is 3.68. The van der Waals surface area contributed by atoms with Crippen molar-refractivity contribution in [3.63, 3.8) is 0 Å². The summed E-state index contributed by atoms with van der Waals surface area (Å²) >= 11 is 0. The first-order valence-electron chi connectivity index (χ1n) is 6.18. The van der Waals surface area contributed by atoms with Crippen molar-refractivity contribution >= 4 is 0 Å². The van der Waals surface area contributed by atoms with E-state index in [-0.39, 0.29) is 0 Å². The molecule has 80 valence electrons. The van der Waals surface area contributed by atoms with Gasteiger partial charge in [0.1, 0.15) is 0 Å². The van der Waals surface area contributed by atoms with Crippen molar-refractivity contribution in [3.05, 3.63) is 35.4 Å². The van der Waals surface area contributed by atoms with Crippen LogP contribution in [0.4, 0.5) is 0 Å². The first kappa shape index (κ1) is 9.41. The minimum absolute atomic E-state index is 0.533. The van der Waals surface area contributed by atoms with Crippen LogP contribution in [0.15, 0.2) is 24.3 Å². The van der Waals surface area contributed by atoms with Gasteiger partial charge in [-0.1, -0.05) is 31.2 Å². The lowest BCUT2D eigenvalue weighted by molar-refractivity contribution is 0.569. The van der Waals surface area contributed by atoms with Gasteiger partial charge in [0.25, 0.3) is 0 Å². The van der Waals surface area contributed by atoms with Crippen molar-refractivity contribution in [1.29, 1.82) is 0 Å². The largest absolute Gasteiger partial charge is 0.313 e. The summed E-state index contributed by atoms with van der Waals surface area (Å²) < 4.78 is 0. The van der Waals surface area contributed by atoms with Gasteiger partial charge in [0.05, 0.1) is 0 Å². The smallest absolute Gasteiger partial charge is 0.0174 e. The highest BCUT2D eigenvalue weighted by molar-refractivity contribution is 5.46. The van der Waals surface area contributed by atoms with Crippen LogP contribution in [0.25, 0.3) is 0 Å². The maximum atomic E-state index is 3.68. The Balaban J connectivity index is 1.81. The average Bonchev–Trinajstić information content (AvgIpc) is 2.85. The predicted molar refractivity (Wildman–Crippen MR) is 63.1 cm³/mol. The molecule has 2 atom stereocenters. The molecule has 0 aliphatic heterocycles. The molecule has 3 rings (SSSR count). The summed E-state index contributed by atoms with van der Waals surface area (Å²) in [4.78, 5) is 0. The van der Waals surface area contributed by atoms with Crippen molar-refractivity contribution in [1.82, 2.24) is 5.32 Å². The fraction of sp³-hybridized carbons (Fsp3) is 0.571. The number of hydrogen-bond acceptors (Lipinski definition) is 1. The van der Waals surface area contributed by atoms with Crippen molar-refractivity contribution < 1.29 is 0 Å². The van der Waals surface area contributed by atoms with Crippen LogP contribution < -0.4 is 5.32 Å². The first-order chi connectivity index (χ1) is 7.37. The normalized spacial score (nSPS) is 31.9. The molecule has 2 aliphatic carbocycles. The lowest BCUT2D eigenvalue weighted by Gasteiger charge is -2.11. The van der Waals surface area contributed by atoms with Gasteiger partial charge in [-0.25, -0.2) is 0 Å². The highest BCUT2D eigenvalue weighted by Gasteiger charge is 2.57. The molecule has 1 heteroatoms. The molecule has 0 saturated heterocycles. The fourth-order valence-corrected chi connectivity index (χ4v) is 3.18. The molecule has 1 spiro atoms. The average molecular weight is 201 g/mol. The standard InChI is InChI=1S/C14H19N/c1-2-9-15-13-10-14(13)8-7-11-5-3-4-6-12(11)14/h3-6,13,15H,2,7-10H2,1H3. The van der Waals surface area contributed by atoms with Crippen molar-refractivity contribution in [2.45, 2.75) is 44.1 Å². The van der Waals surface area contributed by atoms with Crippen LogP contribution in [0, 0.1) is 0 Å². The van der Waals surface area contributed by atoms with Crippen molar-refractivity contribution in [2.75, 3.05) is 6.54 Å². The van der Waals surface area contributed by atoms with E-state index in [1.165, 1.54) is 32.2 Å². The van der Waals surface area contributed by atoms with Gasteiger partial charge < -0.3 is 5.32 Å². The fourth-order valence-electron chi connectivity index (χ4n) is 3.18. The van der Waals surface area contributed by atoms with Gasteiger partial charge in [-0.15, -0.1) is 0 Å². The zero-order valence-electron chi connectivity index (χ0n) is 9.42. The summed E-state index contributed by atoms with van der Waals surface area (Å²) in [5.41, 5.74) is 3.77. The van der Waals surface area contributed by atoms with E-state index in [2.05, 4.69) is 36.5 Å². The third-order valence-corrected chi connectivity index (χ3v) is 4.11. The van der Waals surface area contributed by atoms with Gasteiger partial charge in [0.2, 0.25) is 0 Å². The minimum Gasteiger partial charge on any atom is -0.313 e. The van der Waals surface area contributed by atoms with E-state index in [0.29, 0.717) is 5.41 Å². The molecule has 0 amide bonds. The van der Waals surface area contributed by atoms with Crippen LogP contribution in [0.5, 0.6) is 0 Å². The maximum Gasteiger partial charge on any atom is 0.0174 e. The number of rotatable bonds is 3. The Kier molecular flexibility index (Phi) is 2.10. The van der Waals surface area contributed by atoms with E-state index in [1.807, 2.05) is 0 Å².